The minimum absolute atomic E-state index is 1.11. The zero-order chi connectivity index (χ0) is 62.4. The van der Waals surface area contributed by atoms with Gasteiger partial charge in [0.15, 0.2) is 16.1 Å². The molecule has 0 N–H and O–H groups in total. The first kappa shape index (κ1) is 56.3. The number of hydrogen-bond donors (Lipinski definition) is 0. The summed E-state index contributed by atoms with van der Waals surface area (Å²) >= 11 is 0. The van der Waals surface area contributed by atoms with E-state index < -0.39 is 16.1 Å². The van der Waals surface area contributed by atoms with Crippen molar-refractivity contribution >= 4 is 101 Å². The van der Waals surface area contributed by atoms with E-state index in [0.29, 0.717) is 0 Å². The van der Waals surface area contributed by atoms with E-state index in [1.54, 1.807) is 0 Å². The Morgan fingerprint density at radius 3 is 0.936 bits per heavy atom. The van der Waals surface area contributed by atoms with Gasteiger partial charge in [-0.25, -0.2) is 0 Å². The number of fused-ring (bicyclic) bond motifs is 6. The molecular formula is C90H64N2Si2. The minimum atomic E-state index is -3.34. The van der Waals surface area contributed by atoms with Gasteiger partial charge in [0.25, 0.3) is 0 Å². The summed E-state index contributed by atoms with van der Waals surface area (Å²) in [5.41, 5.74) is 16.3. The van der Waals surface area contributed by atoms with E-state index in [1.165, 1.54) is 96.3 Å². The summed E-state index contributed by atoms with van der Waals surface area (Å²) in [4.78, 5) is 0. The molecule has 17 rings (SSSR count). The molecule has 0 unspecified atom stereocenters. The molecule has 0 aliphatic rings. The average molecular weight is 1230 g/mol. The maximum Gasteiger partial charge on any atom is 0.179 e. The zero-order valence-corrected chi connectivity index (χ0v) is 53.8. The molecule has 0 amide bonds. The van der Waals surface area contributed by atoms with Crippen molar-refractivity contribution in [1.82, 2.24) is 9.13 Å². The van der Waals surface area contributed by atoms with Gasteiger partial charge in [-0.05, 0) is 117 Å². The quantitative estimate of drug-likeness (QED) is 0.0759. The summed E-state index contributed by atoms with van der Waals surface area (Å²) in [5.74, 6) is 0. The average Bonchev–Trinajstić information content (AvgIpc) is 1.29. The van der Waals surface area contributed by atoms with Crippen LogP contribution in [0.25, 0.3) is 99.5 Å². The SMILES string of the molecule is c1ccc(-c2cc(-c3ccccc3)cc([Si](c3ccccc3)(c3ccccc3)c3cc(-c4ccccc4)c(-n4c5ccccc5c5cc(-n6c7ccccc7c7ccc([Si](c8ccccc8)(c8ccccc8)c8ccccc8)cc76)ccc54)c(-c4ccccc4)c3)c2)cc1. The van der Waals surface area contributed by atoms with E-state index in [0.717, 1.165) is 44.7 Å². The van der Waals surface area contributed by atoms with Crippen LogP contribution in [-0.2, 0) is 0 Å². The molecule has 17 aromatic rings. The lowest BCUT2D eigenvalue weighted by Gasteiger charge is -2.36. The second kappa shape index (κ2) is 23.9. The van der Waals surface area contributed by atoms with Crippen LogP contribution < -0.4 is 41.5 Å². The maximum absolute atomic E-state index is 3.34. The predicted molar refractivity (Wildman–Crippen MR) is 404 cm³/mol. The second-order valence-corrected chi connectivity index (χ2v) is 32.3. The highest BCUT2D eigenvalue weighted by Crippen LogP contribution is 2.43. The van der Waals surface area contributed by atoms with Gasteiger partial charge >= 0.3 is 0 Å². The molecule has 2 nitrogen and oxygen atoms in total. The normalized spacial score (nSPS) is 11.8. The van der Waals surface area contributed by atoms with Gasteiger partial charge in [-0.2, -0.15) is 0 Å². The van der Waals surface area contributed by atoms with Gasteiger partial charge in [0.1, 0.15) is 0 Å². The standard InChI is InChI=1S/C90H64N2Si2/c1-10-32-65(33-11-1)69-58-70(66-34-12-2-13-35-66)60-78(59-69)94(75-46-24-8-25-47-75,76-48-26-9-27-49-76)79-62-83(67-36-14-3-15-37-67)90(84(63-79)68-38-16-4-17-39-68)92-87-53-31-29-51-81(87)85-61-71(54-57-88(85)92)91-86-52-30-28-50-80(86)82-56-55-77(64-89(82)91)93(72-40-18-5-19-41-72,73-42-20-6-21-43-73)74-44-22-7-23-45-74/h1-64H. The topological polar surface area (TPSA) is 9.86 Å². The third-order valence-electron chi connectivity index (χ3n) is 19.6. The third kappa shape index (κ3) is 9.37. The van der Waals surface area contributed by atoms with Crippen molar-refractivity contribution in [3.63, 3.8) is 0 Å². The van der Waals surface area contributed by atoms with E-state index in [4.69, 9.17) is 0 Å². The molecule has 0 aliphatic carbocycles. The number of rotatable bonds is 14. The number of nitrogens with zero attached hydrogens (tertiary/aromatic N) is 2. The van der Waals surface area contributed by atoms with Crippen LogP contribution >= 0.6 is 0 Å². The van der Waals surface area contributed by atoms with Gasteiger partial charge < -0.3 is 9.13 Å². The van der Waals surface area contributed by atoms with E-state index in [1.807, 2.05) is 0 Å². The van der Waals surface area contributed by atoms with Crippen LogP contribution in [0.1, 0.15) is 0 Å². The van der Waals surface area contributed by atoms with Crippen LogP contribution in [-0.4, -0.2) is 25.3 Å². The summed E-state index contributed by atoms with van der Waals surface area (Å²) in [5, 5.41) is 15.4. The van der Waals surface area contributed by atoms with E-state index in [2.05, 4.69) is 397 Å². The molecule has 2 heterocycles. The Bertz CT molecular complexity index is 5310. The van der Waals surface area contributed by atoms with Crippen LogP contribution in [0, 0.1) is 0 Å². The summed E-state index contributed by atoms with van der Waals surface area (Å²) in [6.07, 6.45) is 0. The Morgan fingerprint density at radius 1 is 0.170 bits per heavy atom. The lowest BCUT2D eigenvalue weighted by atomic mass is 9.95. The molecule has 442 valence electrons. The monoisotopic (exact) mass is 1230 g/mol. The Balaban J connectivity index is 0.952. The highest BCUT2D eigenvalue weighted by Gasteiger charge is 2.44. The molecule has 15 aromatic carbocycles. The van der Waals surface area contributed by atoms with Crippen LogP contribution in [0.15, 0.2) is 388 Å². The van der Waals surface area contributed by atoms with Crippen molar-refractivity contribution in [3.05, 3.63) is 388 Å². The van der Waals surface area contributed by atoms with Crippen molar-refractivity contribution in [1.29, 1.82) is 0 Å². The van der Waals surface area contributed by atoms with Crippen LogP contribution in [0.3, 0.4) is 0 Å². The zero-order valence-electron chi connectivity index (χ0n) is 51.8. The Kier molecular flexibility index (Phi) is 14.3. The first-order valence-electron chi connectivity index (χ1n) is 32.6. The first-order valence-corrected chi connectivity index (χ1v) is 36.6. The van der Waals surface area contributed by atoms with Crippen molar-refractivity contribution in [2.45, 2.75) is 0 Å². The molecule has 0 atom stereocenters. The molecule has 0 radical (unpaired) electrons. The molecule has 0 saturated carbocycles. The second-order valence-electron chi connectivity index (χ2n) is 24.7. The van der Waals surface area contributed by atoms with Gasteiger partial charge in [-0.15, -0.1) is 0 Å². The number of benzene rings is 15. The molecule has 94 heavy (non-hydrogen) atoms. The Hall–Kier alpha value is -11.7. The van der Waals surface area contributed by atoms with Crippen molar-refractivity contribution in [2.24, 2.45) is 0 Å². The third-order valence-corrected chi connectivity index (χ3v) is 29.1. The molecule has 0 spiro atoms. The molecule has 0 bridgehead atoms. The lowest BCUT2D eigenvalue weighted by molar-refractivity contribution is 1.17. The number of aromatic nitrogens is 2. The highest BCUT2D eigenvalue weighted by atomic mass is 28.3. The molecule has 4 heteroatoms. The molecule has 0 aliphatic heterocycles. The fraction of sp³-hybridized carbons (Fsp3) is 0. The van der Waals surface area contributed by atoms with Crippen LogP contribution in [0.5, 0.6) is 0 Å². The minimum Gasteiger partial charge on any atom is -0.309 e. The largest absolute Gasteiger partial charge is 0.309 e. The fourth-order valence-electron chi connectivity index (χ4n) is 15.5. The van der Waals surface area contributed by atoms with Gasteiger partial charge in [-0.1, -0.05) is 346 Å². The van der Waals surface area contributed by atoms with Crippen molar-refractivity contribution in [3.8, 4) is 55.9 Å². The van der Waals surface area contributed by atoms with Gasteiger partial charge in [0.05, 0.1) is 27.8 Å². The molecule has 2 aromatic heterocycles. The smallest absolute Gasteiger partial charge is 0.179 e. The predicted octanol–water partition coefficient (Wildman–Crippen LogP) is 17.3. The van der Waals surface area contributed by atoms with Crippen LogP contribution in [0.2, 0.25) is 0 Å². The van der Waals surface area contributed by atoms with Crippen LogP contribution in [0.4, 0.5) is 0 Å². The number of para-hydroxylation sites is 2. The summed E-state index contributed by atoms with van der Waals surface area (Å²) in [7, 11) is -6.23. The fourth-order valence-corrected chi connectivity index (χ4v) is 25.1. The molecular weight excluding hydrogens is 1170 g/mol. The Morgan fingerprint density at radius 2 is 0.500 bits per heavy atom. The highest BCUT2D eigenvalue weighted by molar-refractivity contribution is 7.20. The van der Waals surface area contributed by atoms with Crippen molar-refractivity contribution < 1.29 is 0 Å². The van der Waals surface area contributed by atoms with E-state index in [9.17, 15) is 0 Å². The summed E-state index contributed by atoms with van der Waals surface area (Å²) < 4.78 is 5.12. The summed E-state index contributed by atoms with van der Waals surface area (Å²) in [6, 6.07) is 146. The van der Waals surface area contributed by atoms with Crippen molar-refractivity contribution in [2.75, 3.05) is 0 Å². The van der Waals surface area contributed by atoms with Gasteiger partial charge in [0.2, 0.25) is 0 Å². The van der Waals surface area contributed by atoms with Gasteiger partial charge in [0, 0.05) is 38.4 Å². The lowest BCUT2D eigenvalue weighted by Crippen LogP contribution is -2.74. The molecule has 0 saturated heterocycles. The first-order chi connectivity index (χ1) is 46.6. The number of hydrogen-bond acceptors (Lipinski definition) is 0. The summed E-state index contributed by atoms with van der Waals surface area (Å²) in [6.45, 7) is 0. The van der Waals surface area contributed by atoms with E-state index in [-0.39, 0.29) is 0 Å². The van der Waals surface area contributed by atoms with E-state index >= 15 is 0 Å². The molecule has 0 fully saturated rings. The van der Waals surface area contributed by atoms with Gasteiger partial charge in [-0.3, -0.25) is 0 Å². The maximum atomic E-state index is 2.59. The Labute approximate surface area is 550 Å².